The number of H-pyrrole nitrogens is 1. The first-order valence-electron chi connectivity index (χ1n) is 9.55. The van der Waals surface area contributed by atoms with E-state index in [1.807, 2.05) is 60.7 Å². The largest absolute Gasteiger partial charge is 0.329 e. The molecule has 0 spiro atoms. The van der Waals surface area contributed by atoms with E-state index in [2.05, 4.69) is 14.7 Å². The molecule has 31 heavy (non-hydrogen) atoms. The molecule has 0 atom stereocenters. The summed E-state index contributed by atoms with van der Waals surface area (Å²) in [4.78, 5) is 29.9. The first-order valence-corrected chi connectivity index (χ1v) is 11.0. The van der Waals surface area contributed by atoms with Gasteiger partial charge in [0.05, 0.1) is 5.39 Å². The Morgan fingerprint density at radius 3 is 2.16 bits per heavy atom. The van der Waals surface area contributed by atoms with E-state index >= 15 is 0 Å². The Labute approximate surface area is 178 Å². The van der Waals surface area contributed by atoms with Crippen molar-refractivity contribution in [2.24, 2.45) is 7.05 Å². The number of hydrogen-bond acceptors (Lipinski definition) is 5. The number of hydrogen-bond donors (Lipinski definition) is 2. The van der Waals surface area contributed by atoms with E-state index in [0.29, 0.717) is 0 Å². The van der Waals surface area contributed by atoms with Crippen LogP contribution in [-0.4, -0.2) is 29.5 Å². The predicted octanol–water partition coefficient (Wildman–Crippen LogP) is 1.73. The lowest BCUT2D eigenvalue weighted by molar-refractivity contribution is 0.577. The molecule has 4 aromatic rings. The minimum atomic E-state index is -3.96. The number of aryl methyl sites for hydroxylation is 1. The molecule has 2 aromatic carbocycles. The van der Waals surface area contributed by atoms with Gasteiger partial charge in [0.2, 0.25) is 10.0 Å². The third-order valence-electron chi connectivity index (χ3n) is 5.12. The quantitative estimate of drug-likeness (QED) is 0.478. The maximum Gasteiger partial charge on any atom is 0.329 e. The zero-order valence-electron chi connectivity index (χ0n) is 16.6. The van der Waals surface area contributed by atoms with Gasteiger partial charge in [0, 0.05) is 25.7 Å². The van der Waals surface area contributed by atoms with Gasteiger partial charge in [0.15, 0.2) is 0 Å². The Morgan fingerprint density at radius 2 is 1.58 bits per heavy atom. The average Bonchev–Trinajstić information content (AvgIpc) is 2.79. The molecule has 2 heterocycles. The molecule has 4 rings (SSSR count). The van der Waals surface area contributed by atoms with Gasteiger partial charge in [-0.05, 0) is 17.2 Å². The standard InChI is InChI=1S/C22H20N4O4S/c1-26-20-18(21(27)25-22(26)28)12-17(13-23-20)31(29,30)24-14-19(15-8-4-2-5-9-15)16-10-6-3-7-11-16/h2-13,19,24H,14H2,1H3,(H,25,27,28). The van der Waals surface area contributed by atoms with Crippen molar-refractivity contribution in [3.63, 3.8) is 0 Å². The molecular weight excluding hydrogens is 416 g/mol. The van der Waals surface area contributed by atoms with Gasteiger partial charge in [-0.25, -0.2) is 22.9 Å². The van der Waals surface area contributed by atoms with Crippen LogP contribution in [-0.2, 0) is 17.1 Å². The van der Waals surface area contributed by atoms with Crippen molar-refractivity contribution in [3.8, 4) is 0 Å². The van der Waals surface area contributed by atoms with E-state index in [0.717, 1.165) is 21.9 Å². The summed E-state index contributed by atoms with van der Waals surface area (Å²) in [6.45, 7) is 0.123. The molecule has 0 aliphatic heterocycles. The number of rotatable bonds is 6. The number of nitrogens with one attached hydrogen (secondary N) is 2. The van der Waals surface area contributed by atoms with Crippen LogP contribution in [0, 0.1) is 0 Å². The van der Waals surface area contributed by atoms with Gasteiger partial charge >= 0.3 is 5.69 Å². The van der Waals surface area contributed by atoms with Crippen molar-refractivity contribution in [2.45, 2.75) is 10.8 Å². The van der Waals surface area contributed by atoms with Crippen LogP contribution in [0.2, 0.25) is 0 Å². The number of aromatic nitrogens is 3. The highest BCUT2D eigenvalue weighted by atomic mass is 32.2. The average molecular weight is 436 g/mol. The summed E-state index contributed by atoms with van der Waals surface area (Å²) < 4.78 is 29.7. The maximum atomic E-state index is 13.0. The molecular formula is C22H20N4O4S. The van der Waals surface area contributed by atoms with Crippen LogP contribution in [0.15, 0.2) is 87.4 Å². The van der Waals surface area contributed by atoms with Gasteiger partial charge in [-0.1, -0.05) is 60.7 Å². The summed E-state index contributed by atoms with van der Waals surface area (Å²) in [5, 5.41) is 0.0210. The summed E-state index contributed by atoms with van der Waals surface area (Å²) >= 11 is 0. The fourth-order valence-corrected chi connectivity index (χ4v) is 4.46. The molecule has 158 valence electrons. The number of benzene rings is 2. The molecule has 0 aliphatic carbocycles. The molecule has 0 unspecified atom stereocenters. The van der Waals surface area contributed by atoms with E-state index in [-0.39, 0.29) is 28.4 Å². The normalized spacial score (nSPS) is 11.8. The summed E-state index contributed by atoms with van der Waals surface area (Å²) in [6, 6.07) is 20.5. The van der Waals surface area contributed by atoms with Crippen LogP contribution < -0.4 is 16.0 Å². The van der Waals surface area contributed by atoms with Crippen LogP contribution >= 0.6 is 0 Å². The molecule has 0 aliphatic rings. The van der Waals surface area contributed by atoms with E-state index < -0.39 is 21.3 Å². The van der Waals surface area contributed by atoms with Crippen LogP contribution in [0.25, 0.3) is 11.0 Å². The zero-order chi connectivity index (χ0) is 22.0. The van der Waals surface area contributed by atoms with Crippen molar-refractivity contribution in [2.75, 3.05) is 6.54 Å². The number of fused-ring (bicyclic) bond motifs is 1. The van der Waals surface area contributed by atoms with Crippen molar-refractivity contribution in [1.29, 1.82) is 0 Å². The highest BCUT2D eigenvalue weighted by Gasteiger charge is 2.21. The molecule has 2 N–H and O–H groups in total. The Balaban J connectivity index is 1.68. The Morgan fingerprint density at radius 1 is 1.00 bits per heavy atom. The van der Waals surface area contributed by atoms with E-state index in [1.165, 1.54) is 13.1 Å². The number of nitrogens with zero attached hydrogens (tertiary/aromatic N) is 2. The first kappa shape index (κ1) is 20.7. The maximum absolute atomic E-state index is 13.0. The molecule has 0 saturated heterocycles. The second-order valence-electron chi connectivity index (χ2n) is 7.09. The van der Waals surface area contributed by atoms with Gasteiger partial charge in [-0.3, -0.25) is 14.3 Å². The molecule has 0 amide bonds. The molecule has 0 fully saturated rings. The van der Waals surface area contributed by atoms with Crippen LogP contribution in [0.1, 0.15) is 17.0 Å². The number of aromatic amines is 1. The third-order valence-corrected chi connectivity index (χ3v) is 6.51. The van der Waals surface area contributed by atoms with Crippen molar-refractivity contribution >= 4 is 21.1 Å². The van der Waals surface area contributed by atoms with Gasteiger partial charge in [0.1, 0.15) is 10.5 Å². The lowest BCUT2D eigenvalue weighted by Crippen LogP contribution is -2.31. The molecule has 0 saturated carbocycles. The second-order valence-corrected chi connectivity index (χ2v) is 8.85. The Hall–Kier alpha value is -3.56. The highest BCUT2D eigenvalue weighted by Crippen LogP contribution is 2.24. The SMILES string of the molecule is Cn1c(=O)[nH]c(=O)c2cc(S(=O)(=O)NCC(c3ccccc3)c3ccccc3)cnc21. The monoisotopic (exact) mass is 436 g/mol. The summed E-state index contributed by atoms with van der Waals surface area (Å²) in [5.74, 6) is -0.199. The Bertz CT molecular complexity index is 1410. The summed E-state index contributed by atoms with van der Waals surface area (Å²) in [7, 11) is -2.51. The number of pyridine rings is 1. The van der Waals surface area contributed by atoms with E-state index in [9.17, 15) is 18.0 Å². The van der Waals surface area contributed by atoms with Crippen LogP contribution in [0.4, 0.5) is 0 Å². The van der Waals surface area contributed by atoms with Crippen LogP contribution in [0.3, 0.4) is 0 Å². The lowest BCUT2D eigenvalue weighted by atomic mass is 9.92. The van der Waals surface area contributed by atoms with Gasteiger partial charge in [-0.2, -0.15) is 0 Å². The van der Waals surface area contributed by atoms with Gasteiger partial charge in [0.25, 0.3) is 5.56 Å². The highest BCUT2D eigenvalue weighted by molar-refractivity contribution is 7.89. The molecule has 0 bridgehead atoms. The fraction of sp³-hybridized carbons (Fsp3) is 0.136. The summed E-state index contributed by atoms with van der Waals surface area (Å²) in [5.41, 5.74) is 0.750. The minimum absolute atomic E-state index is 0.0210. The smallest absolute Gasteiger partial charge is 0.281 e. The van der Waals surface area contributed by atoms with Crippen LogP contribution in [0.5, 0.6) is 0 Å². The fourth-order valence-electron chi connectivity index (χ4n) is 3.44. The molecule has 2 aromatic heterocycles. The second kappa shape index (κ2) is 8.29. The molecule has 0 radical (unpaired) electrons. The van der Waals surface area contributed by atoms with Gasteiger partial charge < -0.3 is 0 Å². The molecule has 8 nitrogen and oxygen atoms in total. The van der Waals surface area contributed by atoms with E-state index in [4.69, 9.17) is 0 Å². The Kier molecular flexibility index (Phi) is 5.53. The lowest BCUT2D eigenvalue weighted by Gasteiger charge is -2.19. The minimum Gasteiger partial charge on any atom is -0.281 e. The number of sulfonamides is 1. The molecule has 9 heteroatoms. The van der Waals surface area contributed by atoms with Crippen molar-refractivity contribution in [1.82, 2.24) is 19.3 Å². The topological polar surface area (TPSA) is 114 Å². The van der Waals surface area contributed by atoms with E-state index in [1.54, 1.807) is 0 Å². The van der Waals surface area contributed by atoms with Crippen molar-refractivity contribution in [3.05, 3.63) is 105 Å². The zero-order valence-corrected chi connectivity index (χ0v) is 17.5. The predicted molar refractivity (Wildman–Crippen MR) is 118 cm³/mol. The first-order chi connectivity index (χ1) is 14.9. The van der Waals surface area contributed by atoms with Crippen molar-refractivity contribution < 1.29 is 8.42 Å². The third kappa shape index (κ3) is 4.18. The summed E-state index contributed by atoms with van der Waals surface area (Å²) in [6.07, 6.45) is 1.14. The van der Waals surface area contributed by atoms with Gasteiger partial charge in [-0.15, -0.1) is 0 Å².